The van der Waals surface area contributed by atoms with Gasteiger partial charge in [0.25, 0.3) is 0 Å². The van der Waals surface area contributed by atoms with E-state index in [1.54, 1.807) is 23.5 Å². The molecule has 312 valence electrons. The summed E-state index contributed by atoms with van der Waals surface area (Å²) < 4.78 is 33.8. The summed E-state index contributed by atoms with van der Waals surface area (Å²) in [7, 11) is 0. The summed E-state index contributed by atoms with van der Waals surface area (Å²) in [6.07, 6.45) is 0.464. The van der Waals surface area contributed by atoms with Crippen LogP contribution in [0.25, 0.3) is 22.3 Å². The summed E-state index contributed by atoms with van der Waals surface area (Å²) in [5.41, 5.74) is 3.85. The smallest absolute Gasteiger partial charge is 0.407 e. The maximum absolute atomic E-state index is 12.7. The van der Waals surface area contributed by atoms with Crippen LogP contribution in [0.4, 0.5) is 9.59 Å². The zero-order valence-corrected chi connectivity index (χ0v) is 34.4. The Labute approximate surface area is 354 Å². The van der Waals surface area contributed by atoms with Gasteiger partial charge in [-0.3, -0.25) is 0 Å². The van der Waals surface area contributed by atoms with Gasteiger partial charge in [0.2, 0.25) is 0 Å². The van der Waals surface area contributed by atoms with Crippen LogP contribution in [0.5, 0.6) is 11.5 Å². The van der Waals surface area contributed by atoms with Crippen LogP contribution in [0.3, 0.4) is 0 Å². The van der Waals surface area contributed by atoms with Crippen LogP contribution in [0, 0.1) is 0 Å². The number of rotatable bonds is 26. The Kier molecular flexibility index (Phi) is 20.9. The van der Waals surface area contributed by atoms with Crippen molar-refractivity contribution in [1.82, 2.24) is 10.6 Å². The maximum atomic E-state index is 12.7. The number of amides is 2. The number of hydrogen-bond acceptors (Lipinski definition) is 12. The Morgan fingerprint density at radius 3 is 1.36 bits per heavy atom. The molecule has 0 radical (unpaired) electrons. The zero-order chi connectivity index (χ0) is 41.9. The van der Waals surface area contributed by atoms with Gasteiger partial charge in [-0.2, -0.15) is 23.5 Å². The molecule has 14 heteroatoms. The highest BCUT2D eigenvalue weighted by atomic mass is 32.2. The van der Waals surface area contributed by atoms with E-state index in [-0.39, 0.29) is 39.5 Å². The minimum absolute atomic E-state index is 0.0190. The van der Waals surface area contributed by atoms with Gasteiger partial charge in [-0.1, -0.05) is 110 Å². The molecule has 0 saturated carbocycles. The molecule has 0 spiro atoms. The SMILES string of the molecule is C=CC(=O)OCCNC(=O)OC(COc1ccccc1-c1ccccc1)CSCCCSCC(COc1ccccc1-c1ccccc1)OC(=O)NCCOC(=O)C=C. The molecule has 2 unspecified atom stereocenters. The molecule has 59 heavy (non-hydrogen) atoms. The predicted molar refractivity (Wildman–Crippen MR) is 233 cm³/mol. The van der Waals surface area contributed by atoms with E-state index in [0.717, 1.165) is 52.3 Å². The van der Waals surface area contributed by atoms with Crippen LogP contribution in [-0.4, -0.2) is 98.9 Å². The second-order valence-electron chi connectivity index (χ2n) is 12.5. The van der Waals surface area contributed by atoms with Crippen molar-refractivity contribution in [2.45, 2.75) is 18.6 Å². The van der Waals surface area contributed by atoms with Crippen molar-refractivity contribution >= 4 is 47.6 Å². The van der Waals surface area contributed by atoms with Crippen molar-refractivity contribution in [3.05, 3.63) is 135 Å². The lowest BCUT2D eigenvalue weighted by atomic mass is 10.1. The van der Waals surface area contributed by atoms with E-state index in [0.29, 0.717) is 23.0 Å². The lowest BCUT2D eigenvalue weighted by molar-refractivity contribution is -0.138. The lowest BCUT2D eigenvalue weighted by Gasteiger charge is -2.20. The number of benzene rings is 4. The van der Waals surface area contributed by atoms with Crippen molar-refractivity contribution in [3.8, 4) is 33.8 Å². The summed E-state index contributed by atoms with van der Waals surface area (Å²) in [6, 6.07) is 35.1. The standard InChI is InChI=1S/C45H50N2O10S2/c1-3-42(48)52-26-24-46-44(50)56-36(30-54-40-22-13-11-20-38(40)34-16-7-5-8-17-34)32-58-28-15-29-59-33-37(57-45(51)47-25-27-53-43(49)4-2)31-55-41-23-14-12-21-39(41)35-18-9-6-10-19-35/h3-14,16-23,36-37H,1-2,15,24-33H2,(H,46,50)(H,47,51). The Morgan fingerprint density at radius 2 is 0.949 bits per heavy atom. The first kappa shape index (κ1) is 45.8. The normalized spacial score (nSPS) is 11.5. The monoisotopic (exact) mass is 842 g/mol. The van der Waals surface area contributed by atoms with E-state index in [2.05, 4.69) is 23.8 Å². The van der Waals surface area contributed by atoms with Crippen molar-refractivity contribution in [2.75, 3.05) is 62.5 Å². The highest BCUT2D eigenvalue weighted by molar-refractivity contribution is 8.00. The molecular weight excluding hydrogens is 793 g/mol. The third-order valence-electron chi connectivity index (χ3n) is 8.09. The van der Waals surface area contributed by atoms with Crippen LogP contribution in [0.1, 0.15) is 6.42 Å². The molecular formula is C45H50N2O10S2. The van der Waals surface area contributed by atoms with Crippen LogP contribution in [-0.2, 0) is 28.5 Å². The summed E-state index contributed by atoms with van der Waals surface area (Å²) in [6.45, 7) is 7.08. The number of carbonyl (C=O) groups excluding carboxylic acids is 4. The fourth-order valence-corrected chi connectivity index (χ4v) is 7.37. The highest BCUT2D eigenvalue weighted by Crippen LogP contribution is 2.31. The maximum Gasteiger partial charge on any atom is 0.407 e. The van der Waals surface area contributed by atoms with Crippen molar-refractivity contribution in [3.63, 3.8) is 0 Å². The highest BCUT2D eigenvalue weighted by Gasteiger charge is 2.19. The molecule has 4 aromatic rings. The number of ether oxygens (including phenoxy) is 6. The molecule has 0 aliphatic rings. The average Bonchev–Trinajstić information content (AvgIpc) is 3.27. The second-order valence-corrected chi connectivity index (χ2v) is 14.8. The van der Waals surface area contributed by atoms with Gasteiger partial charge in [0.15, 0.2) is 0 Å². The van der Waals surface area contributed by atoms with Crippen LogP contribution in [0.15, 0.2) is 135 Å². The topological polar surface area (TPSA) is 148 Å². The van der Waals surface area contributed by atoms with E-state index in [9.17, 15) is 19.2 Å². The van der Waals surface area contributed by atoms with Gasteiger partial charge in [-0.05, 0) is 41.2 Å². The minimum atomic E-state index is -0.651. The van der Waals surface area contributed by atoms with E-state index in [1.807, 2.05) is 109 Å². The van der Waals surface area contributed by atoms with Crippen molar-refractivity contribution < 1.29 is 47.6 Å². The molecule has 0 heterocycles. The molecule has 0 saturated heterocycles. The first-order valence-electron chi connectivity index (χ1n) is 19.0. The Balaban J connectivity index is 1.29. The van der Waals surface area contributed by atoms with E-state index < -0.39 is 36.3 Å². The average molecular weight is 843 g/mol. The minimum Gasteiger partial charge on any atom is -0.489 e. The second kappa shape index (κ2) is 26.9. The van der Waals surface area contributed by atoms with E-state index in [1.165, 1.54) is 0 Å². The fraction of sp³-hybridized carbons (Fsp3) is 0.289. The predicted octanol–water partition coefficient (Wildman–Crippen LogP) is 7.98. The Bertz CT molecular complexity index is 1780. The molecule has 0 aliphatic carbocycles. The fourth-order valence-electron chi connectivity index (χ4n) is 5.30. The first-order valence-corrected chi connectivity index (χ1v) is 21.3. The quantitative estimate of drug-likeness (QED) is 0.0273. The molecule has 0 aromatic heterocycles. The Hall–Kier alpha value is -5.86. The lowest BCUT2D eigenvalue weighted by Crippen LogP contribution is -2.35. The molecule has 12 nitrogen and oxygen atoms in total. The largest absolute Gasteiger partial charge is 0.489 e. The van der Waals surface area contributed by atoms with Crippen LogP contribution >= 0.6 is 23.5 Å². The van der Waals surface area contributed by atoms with Gasteiger partial charge in [0.1, 0.15) is 50.1 Å². The molecule has 0 bridgehead atoms. The number of alkyl carbamates (subject to hydrolysis) is 2. The number of nitrogens with one attached hydrogen (secondary N) is 2. The van der Waals surface area contributed by atoms with Gasteiger partial charge in [-0.15, -0.1) is 0 Å². The van der Waals surface area contributed by atoms with Crippen molar-refractivity contribution in [2.24, 2.45) is 0 Å². The third-order valence-corrected chi connectivity index (χ3v) is 10.5. The number of esters is 2. The van der Waals surface area contributed by atoms with Crippen molar-refractivity contribution in [1.29, 1.82) is 0 Å². The molecule has 4 rings (SSSR count). The molecule has 2 atom stereocenters. The molecule has 4 aromatic carbocycles. The summed E-state index contributed by atoms with van der Waals surface area (Å²) in [4.78, 5) is 48.1. The van der Waals surface area contributed by atoms with Gasteiger partial charge < -0.3 is 39.1 Å². The number of para-hydroxylation sites is 2. The number of hydrogen-bond donors (Lipinski definition) is 2. The Morgan fingerprint density at radius 1 is 0.559 bits per heavy atom. The van der Waals surface area contributed by atoms with Gasteiger partial charge in [-0.25, -0.2) is 19.2 Å². The first-order chi connectivity index (χ1) is 28.9. The van der Waals surface area contributed by atoms with Crippen LogP contribution < -0.4 is 20.1 Å². The van der Waals surface area contributed by atoms with Gasteiger partial charge in [0, 0.05) is 34.8 Å². The molecule has 2 N–H and O–H groups in total. The molecule has 2 amide bonds. The van der Waals surface area contributed by atoms with E-state index in [4.69, 9.17) is 28.4 Å². The third kappa shape index (κ3) is 17.7. The molecule has 0 fully saturated rings. The summed E-state index contributed by atoms with van der Waals surface area (Å²) >= 11 is 3.25. The van der Waals surface area contributed by atoms with Crippen LogP contribution in [0.2, 0.25) is 0 Å². The summed E-state index contributed by atoms with van der Waals surface area (Å²) in [5, 5.41) is 5.22. The zero-order valence-electron chi connectivity index (χ0n) is 32.8. The van der Waals surface area contributed by atoms with Gasteiger partial charge >= 0.3 is 24.1 Å². The van der Waals surface area contributed by atoms with E-state index >= 15 is 0 Å². The number of thioether (sulfide) groups is 2. The summed E-state index contributed by atoms with van der Waals surface area (Å²) in [5.74, 6) is 2.65. The number of carbonyl (C=O) groups is 4. The molecule has 0 aliphatic heterocycles. The van der Waals surface area contributed by atoms with Gasteiger partial charge in [0.05, 0.1) is 13.1 Å².